The van der Waals surface area contributed by atoms with E-state index in [2.05, 4.69) is 5.32 Å². The van der Waals surface area contributed by atoms with E-state index in [4.69, 9.17) is 21.1 Å². The number of cyclic esters (lactones) is 1. The highest BCUT2D eigenvalue weighted by atomic mass is 35.5. The van der Waals surface area contributed by atoms with E-state index in [0.29, 0.717) is 10.7 Å². The van der Waals surface area contributed by atoms with Crippen molar-refractivity contribution < 1.29 is 23.9 Å². The van der Waals surface area contributed by atoms with Gasteiger partial charge >= 0.3 is 12.1 Å². The molecule has 0 aromatic heterocycles. The molecule has 146 valence electrons. The lowest BCUT2D eigenvalue weighted by Gasteiger charge is -2.19. The summed E-state index contributed by atoms with van der Waals surface area (Å²) in [5.41, 5.74) is 2.06. The van der Waals surface area contributed by atoms with E-state index < -0.39 is 24.0 Å². The highest BCUT2D eigenvalue weighted by Gasteiger charge is 2.40. The molecule has 1 saturated heterocycles. The van der Waals surface area contributed by atoms with Crippen LogP contribution in [0.3, 0.4) is 0 Å². The first kappa shape index (κ1) is 19.7. The van der Waals surface area contributed by atoms with Crippen LogP contribution in [0.4, 0.5) is 10.5 Å². The maximum absolute atomic E-state index is 12.4. The molecule has 1 N–H and O–H groups in total. The van der Waals surface area contributed by atoms with Gasteiger partial charge in [0.25, 0.3) is 0 Å². The van der Waals surface area contributed by atoms with Crippen LogP contribution in [0.5, 0.6) is 0 Å². The predicted octanol–water partition coefficient (Wildman–Crippen LogP) is 3.50. The largest absolute Gasteiger partial charge is 0.444 e. The third kappa shape index (κ3) is 4.61. The molecule has 7 nitrogen and oxygen atoms in total. The van der Waals surface area contributed by atoms with Crippen molar-refractivity contribution >= 4 is 35.3 Å². The summed E-state index contributed by atoms with van der Waals surface area (Å²) in [5.74, 6) is -1.11. The number of carbonyl (C=O) groups is 3. The Balaban J connectivity index is 1.61. The summed E-state index contributed by atoms with van der Waals surface area (Å²) in [5, 5.41) is 3.08. The Hall–Kier alpha value is -3.06. The number of rotatable bonds is 5. The number of esters is 1. The Morgan fingerprint density at radius 2 is 1.96 bits per heavy atom. The molecule has 2 aromatic carbocycles. The molecule has 0 aliphatic carbocycles. The molecule has 0 radical (unpaired) electrons. The van der Waals surface area contributed by atoms with Crippen molar-refractivity contribution in [1.29, 1.82) is 0 Å². The molecule has 8 heteroatoms. The number of amides is 2. The fourth-order valence-corrected chi connectivity index (χ4v) is 2.92. The van der Waals surface area contributed by atoms with Gasteiger partial charge in [0.05, 0.1) is 17.1 Å². The van der Waals surface area contributed by atoms with Crippen LogP contribution in [0.1, 0.15) is 17.5 Å². The first-order chi connectivity index (χ1) is 13.5. The quantitative estimate of drug-likeness (QED) is 0.774. The maximum atomic E-state index is 12.4. The molecule has 3 rings (SSSR count). The second kappa shape index (κ2) is 8.75. The second-order valence-electron chi connectivity index (χ2n) is 6.31. The highest BCUT2D eigenvalue weighted by molar-refractivity contribution is 6.34. The van der Waals surface area contributed by atoms with Gasteiger partial charge in [-0.05, 0) is 24.1 Å². The zero-order valence-electron chi connectivity index (χ0n) is 15.2. The molecule has 1 aliphatic heterocycles. The molecule has 2 amide bonds. The molecule has 1 atom stereocenters. The lowest BCUT2D eigenvalue weighted by Crippen LogP contribution is -2.40. The normalized spacial score (nSPS) is 15.9. The van der Waals surface area contributed by atoms with Crippen LogP contribution in [0.25, 0.3) is 0 Å². The van der Waals surface area contributed by atoms with Crippen molar-refractivity contribution in [1.82, 2.24) is 4.90 Å². The number of carbonyl (C=O) groups excluding carboxylic acids is 3. The number of nitrogens with zero attached hydrogens (tertiary/aromatic N) is 1. The van der Waals surface area contributed by atoms with Crippen LogP contribution in [-0.4, -0.2) is 35.6 Å². The summed E-state index contributed by atoms with van der Waals surface area (Å²) in [7, 11) is 0. The summed E-state index contributed by atoms with van der Waals surface area (Å²) >= 11 is 6.17. The molecule has 2 aromatic rings. The van der Waals surface area contributed by atoms with Gasteiger partial charge in [-0.15, -0.1) is 0 Å². The van der Waals surface area contributed by atoms with Gasteiger partial charge in [-0.3, -0.25) is 9.69 Å². The van der Waals surface area contributed by atoms with Gasteiger partial charge in [-0.1, -0.05) is 54.1 Å². The first-order valence-corrected chi connectivity index (χ1v) is 9.02. The van der Waals surface area contributed by atoms with Gasteiger partial charge in [0.2, 0.25) is 5.91 Å². The number of hydrogen-bond donors (Lipinski definition) is 1. The zero-order chi connectivity index (χ0) is 20.1. The monoisotopic (exact) mass is 402 g/mol. The van der Waals surface area contributed by atoms with E-state index in [9.17, 15) is 14.4 Å². The van der Waals surface area contributed by atoms with Gasteiger partial charge in [0, 0.05) is 0 Å². The Morgan fingerprint density at radius 1 is 1.21 bits per heavy atom. The van der Waals surface area contributed by atoms with Crippen molar-refractivity contribution in [2.45, 2.75) is 26.0 Å². The van der Waals surface area contributed by atoms with Crippen LogP contribution in [0.2, 0.25) is 5.02 Å². The van der Waals surface area contributed by atoms with E-state index in [1.807, 2.05) is 43.3 Å². The molecular formula is C20H19ClN2O5. The topological polar surface area (TPSA) is 84.9 Å². The molecule has 1 aliphatic rings. The fraction of sp³-hybridized carbons (Fsp3) is 0.250. The summed E-state index contributed by atoms with van der Waals surface area (Å²) in [4.78, 5) is 37.8. The third-order valence-corrected chi connectivity index (χ3v) is 4.78. The minimum Gasteiger partial charge on any atom is -0.444 e. The molecule has 0 unspecified atom stereocenters. The zero-order valence-corrected chi connectivity index (χ0v) is 15.9. The summed E-state index contributed by atoms with van der Waals surface area (Å²) < 4.78 is 10.2. The van der Waals surface area contributed by atoms with E-state index in [0.717, 1.165) is 16.0 Å². The third-order valence-electron chi connectivity index (χ3n) is 4.28. The van der Waals surface area contributed by atoms with E-state index in [-0.39, 0.29) is 19.8 Å². The van der Waals surface area contributed by atoms with Crippen LogP contribution >= 0.6 is 11.6 Å². The molecule has 1 heterocycles. The molecule has 28 heavy (non-hydrogen) atoms. The van der Waals surface area contributed by atoms with Crippen LogP contribution < -0.4 is 5.32 Å². The van der Waals surface area contributed by atoms with Gasteiger partial charge < -0.3 is 14.8 Å². The number of halogens is 1. The first-order valence-electron chi connectivity index (χ1n) is 8.64. The lowest BCUT2D eigenvalue weighted by molar-refractivity contribution is -0.140. The number of hydrogen-bond acceptors (Lipinski definition) is 5. The van der Waals surface area contributed by atoms with E-state index >= 15 is 0 Å². The maximum Gasteiger partial charge on any atom is 0.413 e. The van der Waals surface area contributed by atoms with Crippen LogP contribution in [-0.2, 0) is 25.7 Å². The van der Waals surface area contributed by atoms with E-state index in [1.54, 1.807) is 12.1 Å². The lowest BCUT2D eigenvalue weighted by atomic mass is 10.1. The average molecular weight is 403 g/mol. The number of nitrogens with one attached hydrogen (secondary N) is 1. The average Bonchev–Trinajstić information content (AvgIpc) is 3.05. The van der Waals surface area contributed by atoms with Crippen LogP contribution in [0.15, 0.2) is 48.5 Å². The fourth-order valence-electron chi connectivity index (χ4n) is 2.74. The van der Waals surface area contributed by atoms with E-state index in [1.165, 1.54) is 0 Å². The number of anilines is 1. The van der Waals surface area contributed by atoms with Crippen LogP contribution in [0, 0.1) is 6.92 Å². The Bertz CT molecular complexity index is 887. The Labute approximate surface area is 167 Å². The van der Waals surface area contributed by atoms with Crippen molar-refractivity contribution in [3.8, 4) is 0 Å². The minimum atomic E-state index is -1.05. The number of aryl methyl sites for hydroxylation is 1. The van der Waals surface area contributed by atoms with Crippen molar-refractivity contribution in [2.24, 2.45) is 0 Å². The Morgan fingerprint density at radius 3 is 2.71 bits per heavy atom. The molecule has 0 spiro atoms. The predicted molar refractivity (Wildman–Crippen MR) is 103 cm³/mol. The SMILES string of the molecule is Cc1cccc(NC(=O)C[C@@H]2C(=O)OCN2C(=O)OCc2ccccc2)c1Cl. The molecular weight excluding hydrogens is 384 g/mol. The van der Waals surface area contributed by atoms with Crippen molar-refractivity contribution in [3.05, 3.63) is 64.7 Å². The van der Waals surface area contributed by atoms with Gasteiger partial charge in [-0.25, -0.2) is 9.59 Å². The summed E-state index contributed by atoms with van der Waals surface area (Å²) in [6.07, 6.45) is -0.982. The molecule has 0 bridgehead atoms. The smallest absolute Gasteiger partial charge is 0.413 e. The summed E-state index contributed by atoms with van der Waals surface area (Å²) in [6.45, 7) is 1.62. The minimum absolute atomic E-state index is 0.0577. The molecule has 1 fully saturated rings. The van der Waals surface area contributed by atoms with Gasteiger partial charge in [0.15, 0.2) is 6.73 Å². The standard InChI is InChI=1S/C20H19ClN2O5/c1-13-6-5-9-15(18(13)21)22-17(24)10-16-19(25)28-12-23(16)20(26)27-11-14-7-3-2-4-8-14/h2-9,16H,10-12H2,1H3,(H,22,24)/t16-/m1/s1. The Kier molecular flexibility index (Phi) is 6.16. The number of benzene rings is 2. The highest BCUT2D eigenvalue weighted by Crippen LogP contribution is 2.26. The number of ether oxygens (including phenoxy) is 2. The van der Waals surface area contributed by atoms with Crippen molar-refractivity contribution in [3.63, 3.8) is 0 Å². The second-order valence-corrected chi connectivity index (χ2v) is 6.68. The summed E-state index contributed by atoms with van der Waals surface area (Å²) in [6, 6.07) is 13.3. The van der Waals surface area contributed by atoms with Crippen molar-refractivity contribution in [2.75, 3.05) is 12.0 Å². The van der Waals surface area contributed by atoms with Gasteiger partial charge in [0.1, 0.15) is 12.6 Å². The van der Waals surface area contributed by atoms with Gasteiger partial charge in [-0.2, -0.15) is 0 Å². The molecule has 0 saturated carbocycles.